The van der Waals surface area contributed by atoms with Crippen molar-refractivity contribution in [2.45, 2.75) is 57.3 Å². The fourth-order valence-electron chi connectivity index (χ4n) is 6.70. The number of fused-ring (bicyclic) bond motifs is 10. The van der Waals surface area contributed by atoms with E-state index in [2.05, 4.69) is 35.7 Å². The van der Waals surface area contributed by atoms with Gasteiger partial charge in [0.1, 0.15) is 23.2 Å². The maximum atomic E-state index is 15.9. The topological polar surface area (TPSA) is 118 Å². The van der Waals surface area contributed by atoms with E-state index in [1.54, 1.807) is 12.4 Å². The molecular formula is C39H39F2N5O4. The van der Waals surface area contributed by atoms with Crippen molar-refractivity contribution < 1.29 is 28.2 Å². The van der Waals surface area contributed by atoms with Crippen molar-refractivity contribution in [2.75, 3.05) is 13.2 Å². The van der Waals surface area contributed by atoms with Crippen LogP contribution in [0.4, 0.5) is 8.78 Å². The van der Waals surface area contributed by atoms with Crippen LogP contribution in [0.1, 0.15) is 67.5 Å². The van der Waals surface area contributed by atoms with Gasteiger partial charge < -0.3 is 29.1 Å². The molecule has 7 rings (SSSR count). The molecule has 1 atom stereocenters. The molecule has 4 heterocycles. The number of aryl methyl sites for hydroxylation is 2. The van der Waals surface area contributed by atoms with E-state index < -0.39 is 28.4 Å². The zero-order valence-corrected chi connectivity index (χ0v) is 28.4. The molecule has 1 aliphatic rings. The van der Waals surface area contributed by atoms with Gasteiger partial charge >= 0.3 is 5.97 Å². The van der Waals surface area contributed by atoms with Gasteiger partial charge in [-0.3, -0.25) is 4.79 Å². The Morgan fingerprint density at radius 2 is 1.92 bits per heavy atom. The molecule has 6 bridgehead atoms. The Balaban J connectivity index is 1.36. The minimum absolute atomic E-state index is 0.0178. The van der Waals surface area contributed by atoms with E-state index in [0.29, 0.717) is 37.1 Å². The molecule has 0 amide bonds. The molecule has 9 nitrogen and oxygen atoms in total. The summed E-state index contributed by atoms with van der Waals surface area (Å²) < 4.78 is 45.9. The van der Waals surface area contributed by atoms with Crippen LogP contribution >= 0.6 is 0 Å². The smallest absolute Gasteiger partial charge is 0.303 e. The van der Waals surface area contributed by atoms with Gasteiger partial charge in [-0.1, -0.05) is 38.1 Å². The molecule has 0 aliphatic carbocycles. The van der Waals surface area contributed by atoms with Crippen molar-refractivity contribution >= 4 is 16.9 Å². The Morgan fingerprint density at radius 1 is 1.08 bits per heavy atom. The summed E-state index contributed by atoms with van der Waals surface area (Å²) in [4.78, 5) is 27.4. The number of benzene rings is 3. The van der Waals surface area contributed by atoms with E-state index in [1.807, 2.05) is 48.1 Å². The van der Waals surface area contributed by atoms with Gasteiger partial charge in [0.2, 0.25) is 0 Å². The van der Waals surface area contributed by atoms with Crippen LogP contribution in [0.2, 0.25) is 0 Å². The number of ether oxygens (including phenoxy) is 2. The average molecular weight is 680 g/mol. The van der Waals surface area contributed by atoms with E-state index in [1.165, 1.54) is 24.3 Å². The summed E-state index contributed by atoms with van der Waals surface area (Å²) in [5.74, 6) is -0.641. The fraction of sp³-hybridized carbons (Fsp3) is 0.308. The number of carboxylic acids is 1. The zero-order valence-electron chi connectivity index (χ0n) is 28.4. The van der Waals surface area contributed by atoms with Crippen LogP contribution in [0.3, 0.4) is 0 Å². The Bertz CT molecular complexity index is 2220. The molecule has 11 heteroatoms. The van der Waals surface area contributed by atoms with Crippen molar-refractivity contribution in [3.8, 4) is 22.9 Å². The molecule has 1 aliphatic heterocycles. The lowest BCUT2D eigenvalue weighted by Gasteiger charge is -2.30. The summed E-state index contributed by atoms with van der Waals surface area (Å²) in [7, 11) is 1.92. The fourth-order valence-corrected chi connectivity index (χ4v) is 6.70. The van der Waals surface area contributed by atoms with Gasteiger partial charge in [0.05, 0.1) is 17.9 Å². The predicted molar refractivity (Wildman–Crippen MR) is 186 cm³/mol. The highest BCUT2D eigenvalue weighted by Gasteiger charge is 2.33. The third-order valence-corrected chi connectivity index (χ3v) is 9.85. The van der Waals surface area contributed by atoms with Crippen LogP contribution in [0.25, 0.3) is 22.3 Å². The van der Waals surface area contributed by atoms with Crippen LogP contribution in [-0.4, -0.2) is 48.8 Å². The van der Waals surface area contributed by atoms with Crippen LogP contribution in [0, 0.1) is 11.6 Å². The van der Waals surface area contributed by atoms with E-state index in [4.69, 9.17) is 14.5 Å². The van der Waals surface area contributed by atoms with Crippen molar-refractivity contribution in [1.29, 1.82) is 0 Å². The second kappa shape index (κ2) is 12.9. The van der Waals surface area contributed by atoms with Gasteiger partial charge in [-0.15, -0.1) is 0 Å². The SMILES string of the molecule is Cn1cc2nc1Cc1c(c(F)cc3[nH]ccc13)Oc1ccc(F)c(c1)-c1ncc([nH]1)C(C)(c1cccc(CCC(=O)O)c1)CCOCC2(C)C. The lowest BCUT2D eigenvalue weighted by atomic mass is 9.76. The van der Waals surface area contributed by atoms with Crippen molar-refractivity contribution in [1.82, 2.24) is 24.5 Å². The normalized spacial score (nSPS) is 17.7. The molecule has 0 saturated carbocycles. The van der Waals surface area contributed by atoms with Gasteiger partial charge in [-0.25, -0.2) is 18.7 Å². The van der Waals surface area contributed by atoms with Gasteiger partial charge in [0.15, 0.2) is 11.6 Å². The summed E-state index contributed by atoms with van der Waals surface area (Å²) in [5.41, 5.74) is 3.71. The number of H-pyrrole nitrogens is 2. The van der Waals surface area contributed by atoms with Crippen LogP contribution in [0.15, 0.2) is 73.2 Å². The monoisotopic (exact) mass is 679 g/mol. The maximum Gasteiger partial charge on any atom is 0.303 e. The number of aromatic nitrogens is 5. The quantitative estimate of drug-likeness (QED) is 0.174. The summed E-state index contributed by atoms with van der Waals surface area (Å²) >= 11 is 0. The lowest BCUT2D eigenvalue weighted by molar-refractivity contribution is -0.136. The molecule has 3 N–H and O–H groups in total. The minimum atomic E-state index is -0.861. The first kappa shape index (κ1) is 33.2. The molecule has 1 unspecified atom stereocenters. The molecule has 0 spiro atoms. The molecule has 50 heavy (non-hydrogen) atoms. The molecule has 3 aromatic heterocycles. The molecule has 0 fully saturated rings. The summed E-state index contributed by atoms with van der Waals surface area (Å²) in [6, 6.07) is 15.4. The molecule has 0 saturated heterocycles. The third kappa shape index (κ3) is 6.29. The average Bonchev–Trinajstić information content (AvgIpc) is 3.85. The number of halogens is 2. The minimum Gasteiger partial charge on any atom is -0.481 e. The Kier molecular flexibility index (Phi) is 8.55. The Labute approximate surface area is 288 Å². The predicted octanol–water partition coefficient (Wildman–Crippen LogP) is 7.97. The number of imidazole rings is 2. The number of nitrogens with zero attached hydrogens (tertiary/aromatic N) is 3. The summed E-state index contributed by atoms with van der Waals surface area (Å²) in [5, 5.41) is 10.1. The number of hydrogen-bond donors (Lipinski definition) is 3. The maximum absolute atomic E-state index is 15.9. The second-order valence-electron chi connectivity index (χ2n) is 13.9. The van der Waals surface area contributed by atoms with E-state index in [9.17, 15) is 9.90 Å². The summed E-state index contributed by atoms with van der Waals surface area (Å²) in [6.07, 6.45) is 6.68. The standard InChI is InChI=1S/C39H39F2N5O4/c1-38(2)22-49-15-13-39(3,24-7-5-6-23(16-24)8-11-35(47)48)32-20-43-37(45-32)28-17-25(9-10-29(28)40)50-36-27(18-34-44-33(38)21-46(34)4)26-12-14-42-31(26)19-30(36)41/h5-7,9-10,12,14,16-17,19-21,42H,8,11,13,15,18,22H2,1-4H3,(H,43,45)(H,47,48). The summed E-state index contributed by atoms with van der Waals surface area (Å²) in [6.45, 7) is 7.01. The number of hydrogen-bond acceptors (Lipinski definition) is 5. The van der Waals surface area contributed by atoms with Gasteiger partial charge in [-0.05, 0) is 55.2 Å². The van der Waals surface area contributed by atoms with Crippen molar-refractivity contribution in [2.24, 2.45) is 7.05 Å². The highest BCUT2D eigenvalue weighted by atomic mass is 19.1. The first-order valence-corrected chi connectivity index (χ1v) is 16.6. The number of nitrogens with one attached hydrogen (secondary N) is 2. The third-order valence-electron chi connectivity index (χ3n) is 9.85. The highest BCUT2D eigenvalue weighted by Crippen LogP contribution is 2.40. The lowest BCUT2D eigenvalue weighted by Crippen LogP contribution is -2.29. The highest BCUT2D eigenvalue weighted by molar-refractivity contribution is 5.86. The van der Waals surface area contributed by atoms with Crippen molar-refractivity contribution in [3.63, 3.8) is 0 Å². The number of rotatable bonds is 4. The van der Waals surface area contributed by atoms with Crippen molar-refractivity contribution in [3.05, 3.63) is 119 Å². The van der Waals surface area contributed by atoms with Gasteiger partial charge in [0.25, 0.3) is 0 Å². The van der Waals surface area contributed by atoms with Crippen LogP contribution in [-0.2, 0) is 40.3 Å². The molecule has 6 aromatic rings. The van der Waals surface area contributed by atoms with Crippen LogP contribution < -0.4 is 4.74 Å². The number of aromatic amines is 2. The molecule has 258 valence electrons. The van der Waals surface area contributed by atoms with E-state index in [-0.39, 0.29) is 35.7 Å². The molecule has 0 radical (unpaired) electrons. The zero-order chi connectivity index (χ0) is 35.2. The first-order valence-electron chi connectivity index (χ1n) is 16.6. The van der Waals surface area contributed by atoms with Gasteiger partial charge in [-0.2, -0.15) is 0 Å². The Morgan fingerprint density at radius 3 is 2.74 bits per heavy atom. The second-order valence-corrected chi connectivity index (χ2v) is 13.9. The molecule has 3 aromatic carbocycles. The Hall–Kier alpha value is -5.29. The first-order chi connectivity index (χ1) is 23.9. The van der Waals surface area contributed by atoms with Crippen LogP contribution in [0.5, 0.6) is 11.5 Å². The van der Waals surface area contributed by atoms with E-state index >= 15 is 8.78 Å². The molecular weight excluding hydrogens is 640 g/mol. The number of carbonyl (C=O) groups is 1. The number of carboxylic acid groups (broad SMARTS) is 1. The van der Waals surface area contributed by atoms with E-state index in [0.717, 1.165) is 33.7 Å². The largest absolute Gasteiger partial charge is 0.481 e. The van der Waals surface area contributed by atoms with Gasteiger partial charge in [0, 0.05) is 84.1 Å². The number of aliphatic carboxylic acids is 1.